The molecule has 0 aliphatic rings. The zero-order valence-corrected chi connectivity index (χ0v) is 83.1. The van der Waals surface area contributed by atoms with Crippen LogP contribution in [0.4, 0.5) is 5.69 Å². The number of esters is 1. The number of Topliss-reactive ketones (excluding diaryl/α,β-unsaturated/α-hetero) is 2. The van der Waals surface area contributed by atoms with Crippen molar-refractivity contribution in [2.75, 3.05) is 34.2 Å². The second kappa shape index (κ2) is 51.6. The van der Waals surface area contributed by atoms with E-state index in [2.05, 4.69) is 44.2 Å². The summed E-state index contributed by atoms with van der Waals surface area (Å²) in [5.41, 5.74) is 12.8. The molecule has 0 saturated heterocycles. The van der Waals surface area contributed by atoms with Crippen LogP contribution in [0.5, 0.6) is 23.0 Å². The average Bonchev–Trinajstić information content (AvgIpc) is 0.791. The molecule has 8 heterocycles. The Morgan fingerprint density at radius 2 is 0.568 bits per heavy atom. The Labute approximate surface area is 866 Å². The van der Waals surface area contributed by atoms with Gasteiger partial charge in [-0.1, -0.05) is 70.7 Å². The van der Waals surface area contributed by atoms with Crippen molar-refractivity contribution < 1.29 is 77.7 Å². The molecule has 33 nitrogen and oxygen atoms in total. The predicted octanol–water partition coefficient (Wildman–Crippen LogP) is 18.3. The average molecular weight is 2070 g/mol. The van der Waals surface area contributed by atoms with E-state index in [-0.39, 0.29) is 72.5 Å². The molecule has 37 heteroatoms. The number of carbonyl (C=O) groups is 7. The molecule has 0 spiro atoms. The number of aliphatic carboxylic acids is 1. The number of carboxylic acids is 4. The second-order valence-electron chi connectivity index (χ2n) is 33.6. The standard InChI is InChI=1S/2C29H22ClN3O5.C25H24ClN3O4.C21H16ClN3O4.C7H7NO2/c2*1-38-27-17-33(28(35)15-24(27)23-14-22(30)7-6-21(23)16-31)25(12-19-8-10-32-11-9-19)26(34)13-18-2-4-20(5-3-18)29(36)37;1-25(2,3)33-24(31)21(11-16-7-9-28-10-8-16)29-15-22(32-4)20(13-23(29)30)19-12-18(26)6-5-17(19)14-27;1-29-19-12-25(18(21(27)28)8-13-4-6-24-7-5-13)20(26)10-17(19)16-9-15(22)3-2-14(16)11-23;8-6-3-1-5(2-4-6)7(9)10/h2*2-11,14-15,17,25H,12-13H2,1H3,(H,36,37);5-10,12-13,15,21H,11H2,1-4H3;2-7,9-10,12,18H,8H2,1H3,(H,27,28);1-4H,8H2,(H,9,10)/t25-;;;;/m0..../s1. The number of nitrogens with zero attached hydrogens (tertiary/aromatic N) is 12. The summed E-state index contributed by atoms with van der Waals surface area (Å²) in [7, 11) is 5.74. The number of rotatable bonds is 31. The van der Waals surface area contributed by atoms with Gasteiger partial charge in [0.1, 0.15) is 40.7 Å². The number of aromatic carboxylic acids is 3. The molecule has 0 fully saturated rings. The number of nitriles is 4. The number of aromatic nitrogens is 8. The van der Waals surface area contributed by atoms with E-state index in [1.807, 2.05) is 0 Å². The second-order valence-corrected chi connectivity index (χ2v) is 35.3. The molecule has 0 saturated carbocycles. The molecule has 15 aromatic rings. The number of methoxy groups -OCH3 is 4. The third-order valence-corrected chi connectivity index (χ3v) is 23.6. The molecular weight excluding hydrogens is 1980 g/mol. The first-order valence-electron chi connectivity index (χ1n) is 44.7. The highest BCUT2D eigenvalue weighted by atomic mass is 35.5. The van der Waals surface area contributed by atoms with Crippen LogP contribution in [0.2, 0.25) is 20.1 Å². The fourth-order valence-corrected chi connectivity index (χ4v) is 16.1. The summed E-state index contributed by atoms with van der Waals surface area (Å²) in [5.74, 6) is -4.09. The van der Waals surface area contributed by atoms with Gasteiger partial charge in [0, 0.05) is 183 Å². The summed E-state index contributed by atoms with van der Waals surface area (Å²) in [6, 6.07) is 60.9. The van der Waals surface area contributed by atoms with Gasteiger partial charge in [-0.15, -0.1) is 0 Å². The Balaban J connectivity index is 0.000000182. The van der Waals surface area contributed by atoms with Crippen LogP contribution in [0.15, 0.2) is 312 Å². The molecule has 8 aromatic heterocycles. The Bertz CT molecular complexity index is 7620. The number of ketones is 2. The molecule has 4 atom stereocenters. The first kappa shape index (κ1) is 110. The lowest BCUT2D eigenvalue weighted by Gasteiger charge is -2.26. The van der Waals surface area contributed by atoms with Gasteiger partial charge in [0.15, 0.2) is 11.6 Å². The van der Waals surface area contributed by atoms with Gasteiger partial charge < -0.3 is 59.0 Å². The third kappa shape index (κ3) is 29.3. The van der Waals surface area contributed by atoms with Crippen LogP contribution in [0.25, 0.3) is 44.5 Å². The third-order valence-electron chi connectivity index (χ3n) is 22.7. The van der Waals surface area contributed by atoms with Crippen molar-refractivity contribution in [3.63, 3.8) is 0 Å². The summed E-state index contributed by atoms with van der Waals surface area (Å²) in [6.45, 7) is 5.30. The minimum Gasteiger partial charge on any atom is -0.495 e. The topological polar surface area (TPSA) is 507 Å². The van der Waals surface area contributed by atoms with E-state index >= 15 is 0 Å². The number of hydrogen-bond donors (Lipinski definition) is 5. The number of hydrogen-bond acceptors (Lipinski definition) is 25. The highest BCUT2D eigenvalue weighted by Crippen LogP contribution is 2.40. The molecule has 0 radical (unpaired) electrons. The van der Waals surface area contributed by atoms with E-state index in [0.717, 1.165) is 26.8 Å². The van der Waals surface area contributed by atoms with Gasteiger partial charge in [-0.25, -0.2) is 24.0 Å². The zero-order chi connectivity index (χ0) is 107. The molecule has 7 aromatic carbocycles. The van der Waals surface area contributed by atoms with Crippen LogP contribution >= 0.6 is 46.4 Å². The van der Waals surface area contributed by atoms with Gasteiger partial charge in [-0.2, -0.15) is 21.0 Å². The largest absolute Gasteiger partial charge is 0.495 e. The number of anilines is 1. The first-order valence-corrected chi connectivity index (χ1v) is 46.2. The van der Waals surface area contributed by atoms with Gasteiger partial charge in [0.05, 0.1) is 129 Å². The summed E-state index contributed by atoms with van der Waals surface area (Å²) >= 11 is 24.5. The van der Waals surface area contributed by atoms with Crippen molar-refractivity contribution in [3.8, 4) is 91.8 Å². The van der Waals surface area contributed by atoms with Crippen molar-refractivity contribution in [1.29, 1.82) is 21.0 Å². The lowest BCUT2D eigenvalue weighted by molar-refractivity contribution is -0.159. The van der Waals surface area contributed by atoms with Gasteiger partial charge in [-0.05, 0) is 224 Å². The highest BCUT2D eigenvalue weighted by molar-refractivity contribution is 6.32. The number of nitrogens with two attached hydrogens (primary N) is 1. The SMILES string of the molecule is COc1cn(C(Cc2ccncc2)C(=O)Cc2ccc(C(=O)O)cc2)c(=O)cc1-c1cc(Cl)ccc1C#N.COc1cn(C(Cc2ccncc2)C(=O)O)c(=O)cc1-c1cc(Cl)ccc1C#N.COc1cn(C(Cc2ccncc2)C(=O)OC(C)(C)C)c(=O)cc1-c1cc(Cl)ccc1C#N.COc1cn([C@@H](Cc2ccncc2)C(=O)Cc2ccc(C(=O)O)cc2)c(=O)cc1-c1cc(Cl)ccc1C#N.Nc1ccc(C(=O)O)cc1. The zero-order valence-electron chi connectivity index (χ0n) is 80.0. The Hall–Kier alpha value is -18.3. The molecule has 15 rings (SSSR count). The van der Waals surface area contributed by atoms with Crippen molar-refractivity contribution in [1.82, 2.24) is 38.2 Å². The van der Waals surface area contributed by atoms with Crippen molar-refractivity contribution in [2.45, 2.75) is 89.1 Å². The molecule has 0 bridgehead atoms. The quantitative estimate of drug-likeness (QED) is 0.0199. The summed E-state index contributed by atoms with van der Waals surface area (Å²) in [6.07, 6.45) is 19.3. The molecule has 3 unspecified atom stereocenters. The van der Waals surface area contributed by atoms with Gasteiger partial charge >= 0.3 is 29.8 Å². The monoisotopic (exact) mass is 2070 g/mol. The minimum atomic E-state index is -1.15. The minimum absolute atomic E-state index is 0.0149. The summed E-state index contributed by atoms with van der Waals surface area (Å²) in [5, 5.41) is 76.1. The van der Waals surface area contributed by atoms with Crippen LogP contribution in [-0.2, 0) is 62.4 Å². The number of carbonyl (C=O) groups excluding carboxylic acids is 3. The lowest BCUT2D eigenvalue weighted by atomic mass is 9.96. The normalized spacial score (nSPS) is 11.4. The molecule has 0 aliphatic carbocycles. The van der Waals surface area contributed by atoms with Crippen molar-refractivity contribution >= 4 is 93.5 Å². The summed E-state index contributed by atoms with van der Waals surface area (Å²) < 4.78 is 32.8. The fraction of sp³-hybridized carbons (Fsp3) is 0.162. The number of halogens is 4. The number of pyridine rings is 8. The van der Waals surface area contributed by atoms with Crippen LogP contribution < -0.4 is 46.9 Å². The van der Waals surface area contributed by atoms with E-state index in [1.54, 1.807) is 228 Å². The summed E-state index contributed by atoms with van der Waals surface area (Å²) in [4.78, 5) is 154. The molecule has 148 heavy (non-hydrogen) atoms. The fourth-order valence-electron chi connectivity index (χ4n) is 15.4. The van der Waals surface area contributed by atoms with E-state index in [4.69, 9.17) is 91.1 Å². The van der Waals surface area contributed by atoms with E-state index < -0.39 is 81.9 Å². The van der Waals surface area contributed by atoms with Crippen molar-refractivity contribution in [3.05, 3.63) is 427 Å². The molecule has 748 valence electrons. The van der Waals surface area contributed by atoms with Crippen LogP contribution in [-0.4, -0.2) is 134 Å². The Kier molecular flexibility index (Phi) is 38.4. The Morgan fingerprint density at radius 3 is 0.804 bits per heavy atom. The van der Waals surface area contributed by atoms with Crippen LogP contribution in [0.3, 0.4) is 0 Å². The lowest BCUT2D eigenvalue weighted by Crippen LogP contribution is -2.36. The maximum absolute atomic E-state index is 13.6. The van der Waals surface area contributed by atoms with E-state index in [9.17, 15) is 78.9 Å². The first-order chi connectivity index (χ1) is 70.9. The van der Waals surface area contributed by atoms with E-state index in [0.29, 0.717) is 121 Å². The molecule has 6 N–H and O–H groups in total. The van der Waals surface area contributed by atoms with E-state index in [1.165, 1.54) is 128 Å². The number of carboxylic acid groups (broad SMARTS) is 4. The Morgan fingerprint density at radius 1 is 0.331 bits per heavy atom. The maximum Gasteiger partial charge on any atom is 0.335 e. The van der Waals surface area contributed by atoms with Gasteiger partial charge in [0.2, 0.25) is 0 Å². The number of ether oxygens (including phenoxy) is 5. The maximum atomic E-state index is 13.6. The molecule has 0 amide bonds. The molecule has 0 aliphatic heterocycles. The van der Waals surface area contributed by atoms with Gasteiger partial charge in [-0.3, -0.25) is 57.8 Å². The smallest absolute Gasteiger partial charge is 0.335 e. The molecular formula is C111H91Cl4N13O20. The highest BCUT2D eigenvalue weighted by Gasteiger charge is 2.33. The predicted molar refractivity (Wildman–Crippen MR) is 553 cm³/mol. The van der Waals surface area contributed by atoms with Crippen LogP contribution in [0.1, 0.15) is 132 Å². The van der Waals surface area contributed by atoms with Crippen molar-refractivity contribution in [2.24, 2.45) is 0 Å². The van der Waals surface area contributed by atoms with Crippen LogP contribution in [0, 0.1) is 45.3 Å². The number of benzene rings is 7. The number of nitrogen functional groups attached to an aromatic ring is 1. The van der Waals surface area contributed by atoms with Gasteiger partial charge in [0.25, 0.3) is 22.2 Å².